The van der Waals surface area contributed by atoms with Gasteiger partial charge in [-0.1, -0.05) is 6.92 Å². The van der Waals surface area contributed by atoms with Crippen LogP contribution in [0.5, 0.6) is 0 Å². The van der Waals surface area contributed by atoms with Gasteiger partial charge in [0.05, 0.1) is 13.5 Å². The second kappa shape index (κ2) is 6.38. The fourth-order valence-electron chi connectivity index (χ4n) is 1.54. The van der Waals surface area contributed by atoms with Crippen LogP contribution in [0.4, 0.5) is 0 Å². The number of carbonyl (C=O) groups excluding carboxylic acids is 1. The number of rotatable bonds is 8. The average molecular weight is 231 g/mol. The van der Waals surface area contributed by atoms with E-state index < -0.39 is 0 Å². The van der Waals surface area contributed by atoms with Crippen molar-refractivity contribution in [1.82, 2.24) is 5.32 Å². The van der Waals surface area contributed by atoms with Crippen molar-refractivity contribution >= 4 is 17.7 Å². The third-order valence-corrected chi connectivity index (χ3v) is 4.09. The number of carbonyl (C=O) groups is 1. The summed E-state index contributed by atoms with van der Waals surface area (Å²) in [4.78, 5) is 11.2. The molecule has 15 heavy (non-hydrogen) atoms. The van der Waals surface area contributed by atoms with Gasteiger partial charge >= 0.3 is 5.97 Å². The smallest absolute Gasteiger partial charge is 0.306 e. The van der Waals surface area contributed by atoms with Crippen LogP contribution in [0.3, 0.4) is 0 Å². The summed E-state index contributed by atoms with van der Waals surface area (Å²) in [5.74, 6) is 2.18. The molecule has 0 bridgehead atoms. The van der Waals surface area contributed by atoms with Gasteiger partial charge in [0.2, 0.25) is 0 Å². The molecule has 1 aliphatic carbocycles. The summed E-state index contributed by atoms with van der Waals surface area (Å²) in [6.45, 7) is 4.22. The standard InChI is InChI=1S/C11H21NO2S/c1-3-12-6-7-15-9-11(4-5-11)8-10(13)14-2/h12H,3-9H2,1-2H3. The quantitative estimate of drug-likeness (QED) is 0.509. The van der Waals surface area contributed by atoms with Gasteiger partial charge in [-0.3, -0.25) is 4.79 Å². The van der Waals surface area contributed by atoms with Gasteiger partial charge in [0.25, 0.3) is 0 Å². The summed E-state index contributed by atoms with van der Waals surface area (Å²) in [6.07, 6.45) is 2.99. The Kier molecular flexibility index (Phi) is 5.47. The Labute approximate surface area is 96.3 Å². The molecule has 0 amide bonds. The van der Waals surface area contributed by atoms with E-state index in [2.05, 4.69) is 12.2 Å². The van der Waals surface area contributed by atoms with Crippen LogP contribution in [0.15, 0.2) is 0 Å². The average Bonchev–Trinajstić information content (AvgIpc) is 2.98. The van der Waals surface area contributed by atoms with E-state index >= 15 is 0 Å². The predicted octanol–water partition coefficient (Wildman–Crippen LogP) is 1.67. The lowest BCUT2D eigenvalue weighted by Gasteiger charge is -2.12. The van der Waals surface area contributed by atoms with E-state index in [4.69, 9.17) is 4.74 Å². The normalized spacial score (nSPS) is 17.5. The molecule has 1 aliphatic rings. The van der Waals surface area contributed by atoms with E-state index in [0.29, 0.717) is 6.42 Å². The Morgan fingerprint density at radius 2 is 2.27 bits per heavy atom. The van der Waals surface area contributed by atoms with Crippen molar-refractivity contribution in [2.75, 3.05) is 31.7 Å². The summed E-state index contributed by atoms with van der Waals surface area (Å²) < 4.78 is 4.71. The molecular formula is C11H21NO2S. The first-order valence-electron chi connectivity index (χ1n) is 5.58. The van der Waals surface area contributed by atoms with Gasteiger partial charge in [-0.2, -0.15) is 11.8 Å². The zero-order chi connectivity index (χ0) is 11.1. The zero-order valence-corrected chi connectivity index (χ0v) is 10.5. The lowest BCUT2D eigenvalue weighted by Crippen LogP contribution is -2.18. The first kappa shape index (κ1) is 12.8. The molecule has 0 aliphatic heterocycles. The second-order valence-electron chi connectivity index (χ2n) is 4.16. The Bertz CT molecular complexity index is 205. The van der Waals surface area contributed by atoms with E-state index in [0.717, 1.165) is 24.6 Å². The fourth-order valence-corrected chi connectivity index (χ4v) is 2.79. The molecule has 0 aromatic rings. The van der Waals surface area contributed by atoms with Gasteiger partial charge in [0.1, 0.15) is 0 Å². The molecule has 0 atom stereocenters. The minimum atomic E-state index is -0.0558. The van der Waals surface area contributed by atoms with Crippen LogP contribution in [0.25, 0.3) is 0 Å². The van der Waals surface area contributed by atoms with Crippen molar-refractivity contribution in [3.8, 4) is 0 Å². The van der Waals surface area contributed by atoms with E-state index in [1.165, 1.54) is 20.0 Å². The third kappa shape index (κ3) is 4.89. The van der Waals surface area contributed by atoms with E-state index in [-0.39, 0.29) is 11.4 Å². The van der Waals surface area contributed by atoms with Crippen molar-refractivity contribution in [2.24, 2.45) is 5.41 Å². The molecule has 0 spiro atoms. The van der Waals surface area contributed by atoms with Crippen molar-refractivity contribution in [1.29, 1.82) is 0 Å². The first-order valence-corrected chi connectivity index (χ1v) is 6.73. The van der Waals surface area contributed by atoms with Gasteiger partial charge in [-0.05, 0) is 30.6 Å². The molecule has 1 saturated carbocycles. The van der Waals surface area contributed by atoms with Crippen molar-refractivity contribution in [3.63, 3.8) is 0 Å². The molecule has 1 N–H and O–H groups in total. The highest BCUT2D eigenvalue weighted by molar-refractivity contribution is 7.99. The van der Waals surface area contributed by atoms with Gasteiger partial charge in [-0.15, -0.1) is 0 Å². The molecule has 1 rings (SSSR count). The minimum Gasteiger partial charge on any atom is -0.469 e. The summed E-state index contributed by atoms with van der Waals surface area (Å²) in [5, 5.41) is 3.29. The maximum Gasteiger partial charge on any atom is 0.306 e. The maximum atomic E-state index is 11.2. The van der Waals surface area contributed by atoms with Crippen LogP contribution in [-0.4, -0.2) is 37.7 Å². The number of esters is 1. The number of thioether (sulfide) groups is 1. The number of hydrogen-bond donors (Lipinski definition) is 1. The second-order valence-corrected chi connectivity index (χ2v) is 5.26. The van der Waals surface area contributed by atoms with Crippen LogP contribution < -0.4 is 5.32 Å². The van der Waals surface area contributed by atoms with Crippen LogP contribution >= 0.6 is 11.8 Å². The van der Waals surface area contributed by atoms with Crippen molar-refractivity contribution < 1.29 is 9.53 Å². The molecule has 0 aromatic heterocycles. The van der Waals surface area contributed by atoms with Gasteiger partial charge in [0.15, 0.2) is 0 Å². The number of ether oxygens (including phenoxy) is 1. The lowest BCUT2D eigenvalue weighted by atomic mass is 10.1. The Balaban J connectivity index is 2.07. The van der Waals surface area contributed by atoms with Crippen molar-refractivity contribution in [2.45, 2.75) is 26.2 Å². The maximum absolute atomic E-state index is 11.2. The Morgan fingerprint density at radius 1 is 1.53 bits per heavy atom. The van der Waals surface area contributed by atoms with E-state index in [1.54, 1.807) is 0 Å². The molecule has 3 nitrogen and oxygen atoms in total. The van der Waals surface area contributed by atoms with Gasteiger partial charge < -0.3 is 10.1 Å². The SMILES string of the molecule is CCNCCSCC1(CC(=O)OC)CC1. The topological polar surface area (TPSA) is 38.3 Å². The molecule has 4 heteroatoms. The first-order chi connectivity index (χ1) is 7.22. The summed E-state index contributed by atoms with van der Waals surface area (Å²) >= 11 is 1.94. The van der Waals surface area contributed by atoms with E-state index in [9.17, 15) is 4.79 Å². The third-order valence-electron chi connectivity index (χ3n) is 2.79. The van der Waals surface area contributed by atoms with Crippen molar-refractivity contribution in [3.05, 3.63) is 0 Å². The fraction of sp³-hybridized carbons (Fsp3) is 0.909. The molecular weight excluding hydrogens is 210 g/mol. The lowest BCUT2D eigenvalue weighted by molar-refractivity contribution is -0.141. The van der Waals surface area contributed by atoms with Crippen LogP contribution in [0.2, 0.25) is 0 Å². The number of hydrogen-bond acceptors (Lipinski definition) is 4. The monoisotopic (exact) mass is 231 g/mol. The van der Waals surface area contributed by atoms with Crippen LogP contribution in [0, 0.1) is 5.41 Å². The molecule has 0 heterocycles. The molecule has 0 radical (unpaired) electrons. The van der Waals surface area contributed by atoms with Crippen LogP contribution in [0.1, 0.15) is 26.2 Å². The molecule has 0 aromatic carbocycles. The Morgan fingerprint density at radius 3 is 2.80 bits per heavy atom. The molecule has 1 fully saturated rings. The highest BCUT2D eigenvalue weighted by Crippen LogP contribution is 2.51. The number of nitrogens with one attached hydrogen (secondary N) is 1. The summed E-state index contributed by atoms with van der Waals surface area (Å²) in [6, 6.07) is 0. The van der Waals surface area contributed by atoms with Gasteiger partial charge in [-0.25, -0.2) is 0 Å². The predicted molar refractivity (Wildman–Crippen MR) is 64.2 cm³/mol. The highest BCUT2D eigenvalue weighted by atomic mass is 32.2. The van der Waals surface area contributed by atoms with Crippen LogP contribution in [-0.2, 0) is 9.53 Å². The minimum absolute atomic E-state index is 0.0558. The van der Waals surface area contributed by atoms with Gasteiger partial charge in [0, 0.05) is 12.3 Å². The largest absolute Gasteiger partial charge is 0.469 e. The summed E-state index contributed by atoms with van der Waals surface area (Å²) in [5.41, 5.74) is 0.282. The zero-order valence-electron chi connectivity index (χ0n) is 9.67. The Hall–Kier alpha value is -0.220. The number of methoxy groups -OCH3 is 1. The van der Waals surface area contributed by atoms with E-state index in [1.807, 2.05) is 11.8 Å². The summed E-state index contributed by atoms with van der Waals surface area (Å²) in [7, 11) is 1.47. The molecule has 0 unspecified atom stereocenters. The molecule has 0 saturated heterocycles. The molecule has 88 valence electrons. The highest BCUT2D eigenvalue weighted by Gasteiger charge is 2.44.